The molecule has 0 aromatic heterocycles. The molecule has 4 N–H and O–H groups in total. The molecule has 3 rings (SSSR count). The van der Waals surface area contributed by atoms with Gasteiger partial charge in [0, 0.05) is 13.0 Å². The van der Waals surface area contributed by atoms with Gasteiger partial charge in [0.05, 0.1) is 17.6 Å². The topological polar surface area (TPSA) is 75.4 Å². The van der Waals surface area contributed by atoms with Gasteiger partial charge in [0.25, 0.3) is 0 Å². The van der Waals surface area contributed by atoms with Crippen LogP contribution in [0.3, 0.4) is 0 Å². The van der Waals surface area contributed by atoms with Crippen molar-refractivity contribution >= 4 is 5.91 Å². The molecule has 2 aliphatic rings. The summed E-state index contributed by atoms with van der Waals surface area (Å²) in [6.45, 7) is 0.392. The van der Waals surface area contributed by atoms with E-state index in [2.05, 4.69) is 5.32 Å². The number of nitrogens with two attached hydrogens (primary N) is 1. The minimum absolute atomic E-state index is 0.0189. The van der Waals surface area contributed by atoms with Crippen molar-refractivity contribution in [2.45, 2.75) is 50.7 Å². The normalized spacial score (nSPS) is 27.1. The number of carbonyl (C=O) groups excluding carboxylic acids is 1. The first-order valence-corrected chi connectivity index (χ1v) is 7.93. The Bertz CT molecular complexity index is 523. The molecule has 114 valence electrons. The lowest BCUT2D eigenvalue weighted by Gasteiger charge is -2.36. The molecule has 0 radical (unpaired) electrons. The van der Waals surface area contributed by atoms with Crippen molar-refractivity contribution in [3.8, 4) is 0 Å². The van der Waals surface area contributed by atoms with Gasteiger partial charge in [-0.25, -0.2) is 0 Å². The number of carbonyl (C=O) groups is 1. The van der Waals surface area contributed by atoms with E-state index in [0.717, 1.165) is 36.8 Å². The van der Waals surface area contributed by atoms with Crippen LogP contribution in [0.1, 0.15) is 49.3 Å². The van der Waals surface area contributed by atoms with Crippen LogP contribution in [0.5, 0.6) is 0 Å². The van der Waals surface area contributed by atoms with Crippen LogP contribution in [0.2, 0.25) is 0 Å². The summed E-state index contributed by atoms with van der Waals surface area (Å²) < 4.78 is 0. The Kier molecular flexibility index (Phi) is 4.00. The summed E-state index contributed by atoms with van der Waals surface area (Å²) in [4.78, 5) is 12.8. The number of aliphatic hydroxyl groups is 1. The molecule has 0 heterocycles. The van der Waals surface area contributed by atoms with E-state index in [1.165, 1.54) is 6.42 Å². The molecular formula is C17H24N2O2. The molecule has 2 atom stereocenters. The quantitative estimate of drug-likeness (QED) is 0.792. The Hall–Kier alpha value is -1.39. The standard InChI is InChI=1S/C17H24N2O2/c18-11-17(8-4-1-5-9-17)16(21)19-15-13-7-3-2-6-12(13)10-14(15)20/h2-3,6-7,14-15,20H,1,4-5,8-11,18H2,(H,19,21)/t14-,15+/m0/s1. The Morgan fingerprint density at radius 3 is 2.71 bits per heavy atom. The highest BCUT2D eigenvalue weighted by molar-refractivity contribution is 5.83. The van der Waals surface area contributed by atoms with Crippen LogP contribution in [0.25, 0.3) is 0 Å². The summed E-state index contributed by atoms with van der Waals surface area (Å²) in [7, 11) is 0. The highest BCUT2D eigenvalue weighted by atomic mass is 16.3. The predicted molar refractivity (Wildman–Crippen MR) is 81.6 cm³/mol. The third-order valence-corrected chi connectivity index (χ3v) is 5.17. The van der Waals surface area contributed by atoms with Crippen molar-refractivity contribution in [1.82, 2.24) is 5.32 Å². The van der Waals surface area contributed by atoms with Crippen LogP contribution in [-0.2, 0) is 11.2 Å². The summed E-state index contributed by atoms with van der Waals surface area (Å²) in [6.07, 6.45) is 5.10. The van der Waals surface area contributed by atoms with E-state index in [9.17, 15) is 9.90 Å². The molecule has 1 fully saturated rings. The van der Waals surface area contributed by atoms with Gasteiger partial charge in [-0.3, -0.25) is 4.79 Å². The zero-order valence-electron chi connectivity index (χ0n) is 12.3. The van der Waals surface area contributed by atoms with E-state index < -0.39 is 11.5 Å². The summed E-state index contributed by atoms with van der Waals surface area (Å²) in [6, 6.07) is 7.64. The minimum Gasteiger partial charge on any atom is -0.390 e. The Morgan fingerprint density at radius 2 is 2.00 bits per heavy atom. The molecule has 1 aromatic rings. The maximum atomic E-state index is 12.8. The van der Waals surface area contributed by atoms with Crippen molar-refractivity contribution in [2.75, 3.05) is 6.54 Å². The van der Waals surface area contributed by atoms with Crippen molar-refractivity contribution in [3.63, 3.8) is 0 Å². The maximum absolute atomic E-state index is 12.8. The van der Waals surface area contributed by atoms with Crippen LogP contribution < -0.4 is 11.1 Å². The molecular weight excluding hydrogens is 264 g/mol. The van der Waals surface area contributed by atoms with E-state index in [4.69, 9.17) is 5.73 Å². The van der Waals surface area contributed by atoms with Crippen LogP contribution >= 0.6 is 0 Å². The average molecular weight is 288 g/mol. The van der Waals surface area contributed by atoms with Crippen molar-refractivity contribution < 1.29 is 9.90 Å². The molecule has 1 amide bonds. The first kappa shape index (κ1) is 14.5. The number of hydrogen-bond acceptors (Lipinski definition) is 3. The van der Waals surface area contributed by atoms with E-state index in [1.807, 2.05) is 24.3 Å². The van der Waals surface area contributed by atoms with Crippen LogP contribution in [0, 0.1) is 5.41 Å². The van der Waals surface area contributed by atoms with Crippen molar-refractivity contribution in [3.05, 3.63) is 35.4 Å². The number of amides is 1. The van der Waals surface area contributed by atoms with Gasteiger partial charge in [-0.2, -0.15) is 0 Å². The summed E-state index contributed by atoms with van der Waals surface area (Å²) in [5.74, 6) is 0.0189. The first-order valence-electron chi connectivity index (χ1n) is 7.93. The number of benzene rings is 1. The van der Waals surface area contributed by atoms with Gasteiger partial charge >= 0.3 is 0 Å². The van der Waals surface area contributed by atoms with Gasteiger partial charge in [-0.1, -0.05) is 43.5 Å². The van der Waals surface area contributed by atoms with Gasteiger partial charge in [0.2, 0.25) is 5.91 Å². The second-order valence-electron chi connectivity index (χ2n) is 6.47. The fourth-order valence-corrected chi connectivity index (χ4v) is 3.79. The zero-order valence-corrected chi connectivity index (χ0v) is 12.3. The second kappa shape index (κ2) is 5.78. The monoisotopic (exact) mass is 288 g/mol. The van der Waals surface area contributed by atoms with Gasteiger partial charge in [0.15, 0.2) is 0 Å². The molecule has 1 aromatic carbocycles. The SMILES string of the molecule is NCC1(C(=O)N[C@@H]2c3ccccc3C[C@@H]2O)CCCCC1. The van der Waals surface area contributed by atoms with Crippen molar-refractivity contribution in [2.24, 2.45) is 11.1 Å². The van der Waals surface area contributed by atoms with Crippen LogP contribution in [-0.4, -0.2) is 23.7 Å². The summed E-state index contributed by atoms with van der Waals surface area (Å²) in [5.41, 5.74) is 7.65. The van der Waals surface area contributed by atoms with Gasteiger partial charge in [0.1, 0.15) is 0 Å². The van der Waals surface area contributed by atoms with Gasteiger partial charge < -0.3 is 16.2 Å². The van der Waals surface area contributed by atoms with Gasteiger partial charge in [-0.05, 0) is 24.0 Å². The number of aliphatic hydroxyl groups excluding tert-OH is 1. The average Bonchev–Trinajstić information content (AvgIpc) is 2.84. The fraction of sp³-hybridized carbons (Fsp3) is 0.588. The minimum atomic E-state index is -0.537. The third-order valence-electron chi connectivity index (χ3n) is 5.17. The lowest BCUT2D eigenvalue weighted by atomic mass is 9.73. The molecule has 0 unspecified atom stereocenters. The second-order valence-corrected chi connectivity index (χ2v) is 6.47. The molecule has 0 aliphatic heterocycles. The molecule has 4 nitrogen and oxygen atoms in total. The largest absolute Gasteiger partial charge is 0.390 e. The van der Waals surface area contributed by atoms with E-state index in [0.29, 0.717) is 13.0 Å². The molecule has 21 heavy (non-hydrogen) atoms. The molecule has 0 bridgehead atoms. The summed E-state index contributed by atoms with van der Waals surface area (Å²) >= 11 is 0. The van der Waals surface area contributed by atoms with Crippen LogP contribution in [0.4, 0.5) is 0 Å². The number of nitrogens with one attached hydrogen (secondary N) is 1. The molecule has 0 spiro atoms. The number of rotatable bonds is 3. The summed E-state index contributed by atoms with van der Waals surface area (Å²) in [5, 5.41) is 13.3. The molecule has 0 saturated heterocycles. The van der Waals surface area contributed by atoms with E-state index in [-0.39, 0.29) is 11.9 Å². The predicted octanol–water partition coefficient (Wildman–Crippen LogP) is 1.67. The molecule has 4 heteroatoms. The Labute approximate surface area is 125 Å². The number of fused-ring (bicyclic) bond motifs is 1. The zero-order chi connectivity index (χ0) is 14.9. The highest BCUT2D eigenvalue weighted by Gasteiger charge is 2.41. The Balaban J connectivity index is 1.78. The van der Waals surface area contributed by atoms with E-state index in [1.54, 1.807) is 0 Å². The van der Waals surface area contributed by atoms with E-state index >= 15 is 0 Å². The van der Waals surface area contributed by atoms with Gasteiger partial charge in [-0.15, -0.1) is 0 Å². The maximum Gasteiger partial charge on any atom is 0.228 e. The third kappa shape index (κ3) is 2.58. The Morgan fingerprint density at radius 1 is 1.29 bits per heavy atom. The van der Waals surface area contributed by atoms with Crippen molar-refractivity contribution in [1.29, 1.82) is 0 Å². The molecule has 2 aliphatic carbocycles. The smallest absolute Gasteiger partial charge is 0.228 e. The molecule has 1 saturated carbocycles. The van der Waals surface area contributed by atoms with Crippen LogP contribution in [0.15, 0.2) is 24.3 Å². The number of hydrogen-bond donors (Lipinski definition) is 3. The highest BCUT2D eigenvalue weighted by Crippen LogP contribution is 2.38. The lowest BCUT2D eigenvalue weighted by molar-refractivity contribution is -0.134. The lowest BCUT2D eigenvalue weighted by Crippen LogP contribution is -2.49. The fourth-order valence-electron chi connectivity index (χ4n) is 3.79. The first-order chi connectivity index (χ1) is 10.2.